The van der Waals surface area contributed by atoms with Gasteiger partial charge in [-0.15, -0.1) is 17.9 Å². The molecule has 0 aliphatic heterocycles. The highest BCUT2D eigenvalue weighted by atomic mass is 32.1. The van der Waals surface area contributed by atoms with Crippen LogP contribution in [-0.2, 0) is 4.79 Å². The van der Waals surface area contributed by atoms with Crippen LogP contribution >= 0.6 is 11.3 Å². The number of aliphatic carboxylic acids is 1. The number of hydrogen-bond acceptors (Lipinski definition) is 2. The van der Waals surface area contributed by atoms with E-state index in [-0.39, 0.29) is 5.41 Å². The largest absolute Gasteiger partial charge is 0.481 e. The highest BCUT2D eigenvalue weighted by Crippen LogP contribution is 2.73. The molecular weight excluding hydrogens is 472 g/mol. The number of carboxylic acids is 1. The summed E-state index contributed by atoms with van der Waals surface area (Å²) in [6.45, 7) is 17.8. The van der Waals surface area contributed by atoms with Crippen LogP contribution in [0.25, 0.3) is 5.57 Å². The fourth-order valence-electron chi connectivity index (χ4n) is 11.2. The van der Waals surface area contributed by atoms with Crippen molar-refractivity contribution >= 4 is 22.9 Å². The van der Waals surface area contributed by atoms with Gasteiger partial charge in [0.05, 0.1) is 5.41 Å². The normalized spacial score (nSPS) is 43.6. The zero-order valence-electron chi connectivity index (χ0n) is 24.2. The van der Waals surface area contributed by atoms with Gasteiger partial charge in [0.2, 0.25) is 0 Å². The zero-order chi connectivity index (χ0) is 26.8. The van der Waals surface area contributed by atoms with Crippen LogP contribution in [0.4, 0.5) is 0 Å². The number of thiophene rings is 1. The van der Waals surface area contributed by atoms with Crippen molar-refractivity contribution < 1.29 is 9.90 Å². The Balaban J connectivity index is 0.000000892. The number of aryl methyl sites for hydroxylation is 1. The van der Waals surface area contributed by atoms with E-state index in [2.05, 4.69) is 59.4 Å². The predicted molar refractivity (Wildman–Crippen MR) is 157 cm³/mol. The monoisotopic (exact) mass is 522 g/mol. The van der Waals surface area contributed by atoms with E-state index in [0.717, 1.165) is 49.9 Å². The van der Waals surface area contributed by atoms with Crippen LogP contribution in [0.3, 0.4) is 0 Å². The fraction of sp³-hybridized carbons (Fsp3) is 0.735. The van der Waals surface area contributed by atoms with Crippen molar-refractivity contribution in [1.82, 2.24) is 0 Å². The maximum absolute atomic E-state index is 12.4. The molecule has 1 aromatic rings. The molecule has 204 valence electrons. The Kier molecular flexibility index (Phi) is 6.91. The van der Waals surface area contributed by atoms with E-state index in [9.17, 15) is 9.90 Å². The maximum atomic E-state index is 12.4. The van der Waals surface area contributed by atoms with Gasteiger partial charge in [0.1, 0.15) is 0 Å². The maximum Gasteiger partial charge on any atom is 0.309 e. The third kappa shape index (κ3) is 3.87. The zero-order valence-corrected chi connectivity index (χ0v) is 25.1. The van der Waals surface area contributed by atoms with Gasteiger partial charge in [0, 0.05) is 9.75 Å². The average molecular weight is 523 g/mol. The van der Waals surface area contributed by atoms with E-state index in [1.54, 1.807) is 11.6 Å². The van der Waals surface area contributed by atoms with Crippen molar-refractivity contribution in [3.05, 3.63) is 40.6 Å². The van der Waals surface area contributed by atoms with Crippen LogP contribution in [0.15, 0.2) is 30.9 Å². The van der Waals surface area contributed by atoms with E-state index >= 15 is 0 Å². The summed E-state index contributed by atoms with van der Waals surface area (Å²) in [5, 5.41) is 10.3. The molecule has 3 heteroatoms. The molecule has 0 amide bonds. The summed E-state index contributed by atoms with van der Waals surface area (Å²) in [4.78, 5) is 15.3. The summed E-state index contributed by atoms with van der Waals surface area (Å²) in [6, 6.07) is 4.64. The quantitative estimate of drug-likeness (QED) is 0.392. The molecular formula is C34H50O2S. The SMILES string of the molecule is C=CC.Cc1ccc(C2=CCC3(C)C(CCC4(C)C5CCC6(C(=O)O)CCCC6C5CCC43)C2(C)C)s1. The van der Waals surface area contributed by atoms with E-state index in [1.807, 2.05) is 18.3 Å². The summed E-state index contributed by atoms with van der Waals surface area (Å²) in [7, 11) is 0. The first-order valence-corrected chi connectivity index (χ1v) is 15.8. The van der Waals surface area contributed by atoms with Crippen LogP contribution in [0.2, 0.25) is 0 Å². The van der Waals surface area contributed by atoms with Gasteiger partial charge in [-0.25, -0.2) is 0 Å². The first kappa shape index (κ1) is 27.2. The number of carboxylic acid groups (broad SMARTS) is 1. The van der Waals surface area contributed by atoms with Gasteiger partial charge in [-0.2, -0.15) is 0 Å². The lowest BCUT2D eigenvalue weighted by molar-refractivity contribution is -0.187. The number of fused-ring (bicyclic) bond motifs is 7. The molecule has 5 aliphatic rings. The Morgan fingerprint density at radius 3 is 2.35 bits per heavy atom. The van der Waals surface area contributed by atoms with Crippen LogP contribution in [-0.4, -0.2) is 11.1 Å². The molecule has 0 aromatic carbocycles. The smallest absolute Gasteiger partial charge is 0.309 e. The number of carbonyl (C=O) groups is 1. The Labute approximate surface area is 230 Å². The topological polar surface area (TPSA) is 37.3 Å². The van der Waals surface area contributed by atoms with Crippen molar-refractivity contribution in [2.45, 2.75) is 106 Å². The predicted octanol–water partition coefficient (Wildman–Crippen LogP) is 9.79. The Bertz CT molecular complexity index is 1080. The number of allylic oxidation sites excluding steroid dienone is 3. The van der Waals surface area contributed by atoms with Gasteiger partial charge >= 0.3 is 5.97 Å². The van der Waals surface area contributed by atoms with Crippen LogP contribution < -0.4 is 0 Å². The van der Waals surface area contributed by atoms with Crippen molar-refractivity contribution in [1.29, 1.82) is 0 Å². The third-order valence-electron chi connectivity index (χ3n) is 12.5. The van der Waals surface area contributed by atoms with Crippen LogP contribution in [0, 0.1) is 58.2 Å². The molecule has 0 spiro atoms. The Morgan fingerprint density at radius 1 is 0.973 bits per heavy atom. The summed E-state index contributed by atoms with van der Waals surface area (Å²) in [5.74, 6) is 2.82. The Morgan fingerprint density at radius 2 is 1.70 bits per heavy atom. The minimum atomic E-state index is -0.480. The van der Waals surface area contributed by atoms with Crippen molar-refractivity contribution in [2.24, 2.45) is 51.2 Å². The van der Waals surface area contributed by atoms with E-state index < -0.39 is 11.4 Å². The highest BCUT2D eigenvalue weighted by molar-refractivity contribution is 7.13. The molecule has 0 bridgehead atoms. The van der Waals surface area contributed by atoms with Gasteiger partial charge in [0.15, 0.2) is 0 Å². The molecule has 1 heterocycles. The second kappa shape index (κ2) is 9.39. The van der Waals surface area contributed by atoms with E-state index in [0.29, 0.717) is 22.7 Å². The second-order valence-corrected chi connectivity index (χ2v) is 15.7. The molecule has 5 aliphatic carbocycles. The van der Waals surface area contributed by atoms with Crippen molar-refractivity contribution in [3.63, 3.8) is 0 Å². The summed E-state index contributed by atoms with van der Waals surface area (Å²) < 4.78 is 0. The van der Waals surface area contributed by atoms with Crippen molar-refractivity contribution in [2.75, 3.05) is 0 Å². The second-order valence-electron chi connectivity index (χ2n) is 14.4. The first-order valence-electron chi connectivity index (χ1n) is 15.0. The van der Waals surface area contributed by atoms with Gasteiger partial charge in [-0.05, 0) is 135 Å². The van der Waals surface area contributed by atoms with Gasteiger partial charge in [0.25, 0.3) is 0 Å². The minimum Gasteiger partial charge on any atom is -0.481 e. The lowest BCUT2D eigenvalue weighted by atomic mass is 9.36. The summed E-state index contributed by atoms with van der Waals surface area (Å²) in [5.41, 5.74) is 2.14. The van der Waals surface area contributed by atoms with Gasteiger partial charge < -0.3 is 5.11 Å². The molecule has 1 N–H and O–H groups in total. The van der Waals surface area contributed by atoms with Crippen molar-refractivity contribution in [3.8, 4) is 0 Å². The summed E-state index contributed by atoms with van der Waals surface area (Å²) >= 11 is 1.97. The molecule has 8 unspecified atom stereocenters. The number of hydrogen-bond donors (Lipinski definition) is 1. The molecule has 1 aromatic heterocycles. The van der Waals surface area contributed by atoms with E-state index in [1.165, 1.54) is 41.9 Å². The lowest BCUT2D eigenvalue weighted by Crippen LogP contribution is -2.61. The van der Waals surface area contributed by atoms with Crippen LogP contribution in [0.1, 0.15) is 109 Å². The summed E-state index contributed by atoms with van der Waals surface area (Å²) in [6.07, 6.45) is 16.2. The van der Waals surface area contributed by atoms with Crippen LogP contribution in [0.5, 0.6) is 0 Å². The molecule has 2 nitrogen and oxygen atoms in total. The molecule has 0 radical (unpaired) electrons. The minimum absolute atomic E-state index is 0.207. The number of rotatable bonds is 2. The van der Waals surface area contributed by atoms with E-state index in [4.69, 9.17) is 0 Å². The van der Waals surface area contributed by atoms with Gasteiger partial charge in [-0.1, -0.05) is 46.3 Å². The molecule has 8 atom stereocenters. The molecule has 0 saturated heterocycles. The molecule has 4 saturated carbocycles. The molecule has 6 rings (SSSR count). The first-order chi connectivity index (χ1) is 17.5. The fourth-order valence-corrected chi connectivity index (χ4v) is 12.3. The molecule has 37 heavy (non-hydrogen) atoms. The Hall–Kier alpha value is -1.35. The standard InChI is InChI=1S/C31H44O2S.C3H6/c1-19-8-10-24(34-19)23-12-16-30(5)25(28(23,2)3)14-17-29(4)21-13-18-31(27(32)33)15-6-7-22(31)20(21)9-11-26(29)30;1-3-2/h8,10,12,20-22,25-26H,6-7,9,11,13-18H2,1-5H3,(H,32,33);3H,1H2,2H3. The lowest BCUT2D eigenvalue weighted by Gasteiger charge is -2.68. The average Bonchev–Trinajstić information content (AvgIpc) is 3.46. The van der Waals surface area contributed by atoms with Gasteiger partial charge in [-0.3, -0.25) is 4.79 Å². The third-order valence-corrected chi connectivity index (χ3v) is 13.6. The highest BCUT2D eigenvalue weighted by Gasteiger charge is 2.66. The molecule has 4 fully saturated rings.